The van der Waals surface area contributed by atoms with Gasteiger partial charge in [0.2, 0.25) is 0 Å². The van der Waals surface area contributed by atoms with Crippen LogP contribution in [-0.4, -0.2) is 27.6 Å². The van der Waals surface area contributed by atoms with E-state index in [-0.39, 0.29) is 28.3 Å². The Labute approximate surface area is 198 Å². The minimum Gasteiger partial charge on any atom is -0.297 e. The highest BCUT2D eigenvalue weighted by Gasteiger charge is 2.33. The molecular weight excluding hydrogens is 459 g/mol. The quantitative estimate of drug-likeness (QED) is 0.470. The van der Waals surface area contributed by atoms with E-state index in [1.807, 2.05) is 36.4 Å². The maximum Gasteiger partial charge on any atom is 0.283 e. The molecule has 2 heterocycles. The Kier molecular flexibility index (Phi) is 6.77. The van der Waals surface area contributed by atoms with Gasteiger partial charge in [-0.25, -0.2) is 14.4 Å². The van der Waals surface area contributed by atoms with Crippen LogP contribution >= 0.6 is 23.1 Å². The summed E-state index contributed by atoms with van der Waals surface area (Å²) in [5.41, 5.74) is 2.19. The summed E-state index contributed by atoms with van der Waals surface area (Å²) in [6, 6.07) is 16.8. The Balaban J connectivity index is 1.60. The summed E-state index contributed by atoms with van der Waals surface area (Å²) in [4.78, 5) is 36.0. The molecule has 0 spiro atoms. The molecule has 0 N–H and O–H groups in total. The molecule has 6 nitrogen and oxygen atoms in total. The molecule has 164 valence electrons. The van der Waals surface area contributed by atoms with Gasteiger partial charge < -0.3 is 0 Å². The standard InChI is InChI=1S/C24H17FN4O2S2/c1-15-13-32-22(27-15)19(12-26)21(30)14-33-24-28-20(11-16-5-3-2-4-6-16)23(31)29(24)18-9-7-17(25)8-10-18/h2-11,13,19H,14H2,1H3/b20-11-/t19-/m1/s1. The monoisotopic (exact) mass is 476 g/mol. The highest BCUT2D eigenvalue weighted by Crippen LogP contribution is 2.31. The van der Waals surface area contributed by atoms with E-state index in [0.717, 1.165) is 23.0 Å². The van der Waals surface area contributed by atoms with E-state index in [1.54, 1.807) is 18.4 Å². The zero-order chi connectivity index (χ0) is 23.4. The molecule has 1 atom stereocenters. The molecule has 0 unspecified atom stereocenters. The van der Waals surface area contributed by atoms with E-state index < -0.39 is 11.7 Å². The van der Waals surface area contributed by atoms with Gasteiger partial charge >= 0.3 is 0 Å². The van der Waals surface area contributed by atoms with Gasteiger partial charge in [-0.1, -0.05) is 42.1 Å². The van der Waals surface area contributed by atoms with Crippen LogP contribution in [-0.2, 0) is 9.59 Å². The lowest BCUT2D eigenvalue weighted by molar-refractivity contribution is -0.117. The number of halogens is 1. The molecule has 1 amide bonds. The largest absolute Gasteiger partial charge is 0.297 e. The maximum absolute atomic E-state index is 13.4. The Hall–Kier alpha value is -3.61. The summed E-state index contributed by atoms with van der Waals surface area (Å²) in [6.45, 7) is 1.80. The number of carbonyl (C=O) groups is 2. The first-order valence-electron chi connectivity index (χ1n) is 9.89. The first-order valence-corrected chi connectivity index (χ1v) is 11.8. The zero-order valence-electron chi connectivity index (χ0n) is 17.4. The number of hydrogen-bond acceptors (Lipinski definition) is 7. The van der Waals surface area contributed by atoms with Crippen LogP contribution in [0, 0.1) is 24.1 Å². The number of nitrogens with zero attached hydrogens (tertiary/aromatic N) is 4. The second-order valence-corrected chi connectivity index (χ2v) is 8.93. The lowest BCUT2D eigenvalue weighted by Gasteiger charge is -2.17. The number of ketones is 1. The number of Topliss-reactive ketones (excluding diaryl/α,β-unsaturated/α-hetero) is 1. The number of aliphatic imine (C=N–C) groups is 1. The lowest BCUT2D eigenvalue weighted by atomic mass is 10.1. The minimum absolute atomic E-state index is 0.0702. The highest BCUT2D eigenvalue weighted by atomic mass is 32.2. The number of rotatable bonds is 6. The van der Waals surface area contributed by atoms with E-state index in [2.05, 4.69) is 9.98 Å². The van der Waals surface area contributed by atoms with Gasteiger partial charge in [0.05, 0.1) is 17.5 Å². The third-order valence-corrected chi connectivity index (χ3v) is 6.68. The van der Waals surface area contributed by atoms with Crippen molar-refractivity contribution in [3.8, 4) is 6.07 Å². The number of aromatic nitrogens is 1. The summed E-state index contributed by atoms with van der Waals surface area (Å²) in [5.74, 6) is -2.19. The third-order valence-electron chi connectivity index (χ3n) is 4.70. The number of amides is 1. The van der Waals surface area contributed by atoms with Crippen LogP contribution in [0.1, 0.15) is 22.2 Å². The fraction of sp³-hybridized carbons (Fsp3) is 0.125. The van der Waals surface area contributed by atoms with Crippen LogP contribution in [0.3, 0.4) is 0 Å². The van der Waals surface area contributed by atoms with Gasteiger partial charge in [0.25, 0.3) is 5.91 Å². The Bertz CT molecular complexity index is 1290. The molecule has 0 saturated carbocycles. The number of nitriles is 1. The van der Waals surface area contributed by atoms with Crippen LogP contribution in [0.15, 0.2) is 70.7 Å². The fourth-order valence-electron chi connectivity index (χ4n) is 3.11. The van der Waals surface area contributed by atoms with Crippen LogP contribution in [0.25, 0.3) is 6.08 Å². The van der Waals surface area contributed by atoms with Crippen LogP contribution in [0.2, 0.25) is 0 Å². The van der Waals surface area contributed by atoms with Crippen molar-refractivity contribution in [3.05, 3.63) is 87.8 Å². The van der Waals surface area contributed by atoms with Gasteiger partial charge in [0.1, 0.15) is 16.5 Å². The van der Waals surface area contributed by atoms with Crippen molar-refractivity contribution < 1.29 is 14.0 Å². The van der Waals surface area contributed by atoms with Crippen molar-refractivity contribution in [3.63, 3.8) is 0 Å². The molecule has 2 aromatic carbocycles. The van der Waals surface area contributed by atoms with E-state index >= 15 is 0 Å². The molecule has 0 saturated heterocycles. The third kappa shape index (κ3) is 5.08. The molecule has 4 rings (SSSR count). The van der Waals surface area contributed by atoms with E-state index in [1.165, 1.54) is 40.5 Å². The fourth-order valence-corrected chi connectivity index (χ4v) is 4.89. The number of aryl methyl sites for hydroxylation is 1. The number of carbonyl (C=O) groups excluding carboxylic acids is 2. The van der Waals surface area contributed by atoms with Crippen LogP contribution < -0.4 is 4.90 Å². The molecule has 1 aromatic heterocycles. The Morgan fingerprint density at radius 1 is 1.24 bits per heavy atom. The summed E-state index contributed by atoms with van der Waals surface area (Å²) in [5, 5.41) is 12.0. The Morgan fingerprint density at radius 3 is 2.61 bits per heavy atom. The molecule has 1 aliphatic rings. The summed E-state index contributed by atoms with van der Waals surface area (Å²) < 4.78 is 13.4. The van der Waals surface area contributed by atoms with Gasteiger partial charge in [0, 0.05) is 11.1 Å². The number of hydrogen-bond donors (Lipinski definition) is 0. The van der Waals surface area contributed by atoms with Gasteiger partial charge in [-0.2, -0.15) is 5.26 Å². The molecule has 0 bridgehead atoms. The maximum atomic E-state index is 13.4. The predicted octanol–water partition coefficient (Wildman–Crippen LogP) is 4.94. The zero-order valence-corrected chi connectivity index (χ0v) is 19.1. The van der Waals surface area contributed by atoms with Gasteiger partial charge in [0.15, 0.2) is 16.9 Å². The number of anilines is 1. The molecule has 3 aromatic rings. The second-order valence-electron chi connectivity index (χ2n) is 7.10. The van der Waals surface area contributed by atoms with Crippen LogP contribution in [0.4, 0.5) is 10.1 Å². The summed E-state index contributed by atoms with van der Waals surface area (Å²) >= 11 is 2.33. The molecule has 33 heavy (non-hydrogen) atoms. The molecule has 1 aliphatic heterocycles. The second kappa shape index (κ2) is 9.90. The molecule has 0 radical (unpaired) electrons. The van der Waals surface area contributed by atoms with E-state index in [9.17, 15) is 19.2 Å². The van der Waals surface area contributed by atoms with Gasteiger partial charge in [-0.3, -0.25) is 14.5 Å². The van der Waals surface area contributed by atoms with Crippen molar-refractivity contribution in [2.24, 2.45) is 4.99 Å². The SMILES string of the molecule is Cc1csc([C@H](C#N)C(=O)CSC2=N/C(=C\c3ccccc3)C(=O)N2c2ccc(F)cc2)n1. The average Bonchev–Trinajstić information content (AvgIpc) is 3.37. The van der Waals surface area contributed by atoms with Crippen molar-refractivity contribution in [1.29, 1.82) is 5.26 Å². The normalized spacial score (nSPS) is 15.4. The topological polar surface area (TPSA) is 86.4 Å². The smallest absolute Gasteiger partial charge is 0.283 e. The summed E-state index contributed by atoms with van der Waals surface area (Å²) in [6.07, 6.45) is 1.66. The van der Waals surface area contributed by atoms with Crippen molar-refractivity contribution in [1.82, 2.24) is 4.98 Å². The molecular formula is C24H17FN4O2S2. The molecule has 9 heteroatoms. The average molecular weight is 477 g/mol. The molecule has 0 aliphatic carbocycles. The number of amidine groups is 1. The van der Waals surface area contributed by atoms with Crippen LogP contribution in [0.5, 0.6) is 0 Å². The predicted molar refractivity (Wildman–Crippen MR) is 128 cm³/mol. The van der Waals surface area contributed by atoms with E-state index in [0.29, 0.717) is 10.7 Å². The van der Waals surface area contributed by atoms with Crippen molar-refractivity contribution in [2.45, 2.75) is 12.8 Å². The van der Waals surface area contributed by atoms with Gasteiger partial charge in [-0.15, -0.1) is 11.3 Å². The highest BCUT2D eigenvalue weighted by molar-refractivity contribution is 8.14. The molecule has 0 fully saturated rings. The number of thioether (sulfide) groups is 1. The van der Waals surface area contributed by atoms with Crippen molar-refractivity contribution >= 4 is 51.7 Å². The first-order chi connectivity index (χ1) is 16.0. The van der Waals surface area contributed by atoms with Crippen molar-refractivity contribution in [2.75, 3.05) is 10.7 Å². The Morgan fingerprint density at radius 2 is 1.97 bits per heavy atom. The first kappa shape index (κ1) is 22.6. The summed E-state index contributed by atoms with van der Waals surface area (Å²) in [7, 11) is 0. The minimum atomic E-state index is -0.979. The number of thiazole rings is 1. The lowest BCUT2D eigenvalue weighted by Crippen LogP contribution is -2.31. The van der Waals surface area contributed by atoms with E-state index in [4.69, 9.17) is 0 Å². The number of benzene rings is 2. The van der Waals surface area contributed by atoms with Gasteiger partial charge in [-0.05, 0) is 42.8 Å².